The van der Waals surface area contributed by atoms with Crippen molar-refractivity contribution < 1.29 is 23.0 Å². The third-order valence-corrected chi connectivity index (χ3v) is 4.88. The van der Waals surface area contributed by atoms with Gasteiger partial charge in [0.25, 0.3) is 0 Å². The largest absolute Gasteiger partial charge is 0.489 e. The molecular weight excluding hydrogens is 387 g/mol. The first-order chi connectivity index (χ1) is 14.7. The van der Waals surface area contributed by atoms with Gasteiger partial charge in [-0.25, -0.2) is 9.18 Å². The van der Waals surface area contributed by atoms with Gasteiger partial charge < -0.3 is 18.6 Å². The van der Waals surface area contributed by atoms with Gasteiger partial charge in [-0.15, -0.1) is 0 Å². The van der Waals surface area contributed by atoms with Crippen LogP contribution in [-0.4, -0.2) is 0 Å². The summed E-state index contributed by atoms with van der Waals surface area (Å²) in [7, 11) is 0. The van der Waals surface area contributed by atoms with Gasteiger partial charge >= 0.3 is 5.63 Å². The molecule has 6 heteroatoms. The monoisotopic (exact) mass is 404 g/mol. The van der Waals surface area contributed by atoms with Crippen LogP contribution in [0.15, 0.2) is 82.0 Å². The van der Waals surface area contributed by atoms with Gasteiger partial charge in [0.1, 0.15) is 29.5 Å². The van der Waals surface area contributed by atoms with Crippen molar-refractivity contribution >= 4 is 11.0 Å². The molecule has 0 saturated heterocycles. The first kappa shape index (κ1) is 18.4. The van der Waals surface area contributed by atoms with Gasteiger partial charge in [-0.3, -0.25) is 0 Å². The standard InChI is InChI=1S/C24H17FO5/c25-19-10-17(13-27-20-8-6-15-7-9-22(26)29-21(15)12-20)23-18(11-19)14-28-24(30-23)16-4-2-1-3-5-16/h1-12,24H,13-14H2/t24-/m0/s1. The Kier molecular flexibility index (Phi) is 4.69. The van der Waals surface area contributed by atoms with Crippen molar-refractivity contribution in [3.05, 3.63) is 106 Å². The second-order valence-corrected chi connectivity index (χ2v) is 6.97. The zero-order chi connectivity index (χ0) is 20.5. The minimum Gasteiger partial charge on any atom is -0.489 e. The van der Waals surface area contributed by atoms with Crippen molar-refractivity contribution in [1.82, 2.24) is 0 Å². The van der Waals surface area contributed by atoms with Crippen LogP contribution in [0.3, 0.4) is 0 Å². The fourth-order valence-electron chi connectivity index (χ4n) is 3.45. The summed E-state index contributed by atoms with van der Waals surface area (Å²) in [5.74, 6) is 0.674. The molecule has 0 radical (unpaired) electrons. The van der Waals surface area contributed by atoms with Crippen molar-refractivity contribution in [2.24, 2.45) is 0 Å². The third kappa shape index (κ3) is 3.65. The highest BCUT2D eigenvalue weighted by molar-refractivity contribution is 5.77. The quantitative estimate of drug-likeness (QED) is 0.442. The predicted octanol–water partition coefficient (Wildman–Crippen LogP) is 5.12. The first-order valence-corrected chi connectivity index (χ1v) is 9.47. The second-order valence-electron chi connectivity index (χ2n) is 6.97. The van der Waals surface area contributed by atoms with Crippen molar-refractivity contribution in [1.29, 1.82) is 0 Å². The van der Waals surface area contributed by atoms with E-state index >= 15 is 0 Å². The fourth-order valence-corrected chi connectivity index (χ4v) is 3.45. The number of hydrogen-bond acceptors (Lipinski definition) is 5. The van der Waals surface area contributed by atoms with Crippen LogP contribution in [0.4, 0.5) is 4.39 Å². The summed E-state index contributed by atoms with van der Waals surface area (Å²) in [6.07, 6.45) is -0.571. The average molecular weight is 404 g/mol. The molecule has 0 unspecified atom stereocenters. The van der Waals surface area contributed by atoms with E-state index in [1.54, 1.807) is 24.3 Å². The van der Waals surface area contributed by atoms with Crippen LogP contribution in [0.25, 0.3) is 11.0 Å². The van der Waals surface area contributed by atoms with Gasteiger partial charge in [0, 0.05) is 34.2 Å². The third-order valence-electron chi connectivity index (χ3n) is 4.88. The lowest BCUT2D eigenvalue weighted by Crippen LogP contribution is -2.19. The summed E-state index contributed by atoms with van der Waals surface area (Å²) in [6.45, 7) is 0.324. The normalized spacial score (nSPS) is 15.4. The molecule has 1 aromatic heterocycles. The average Bonchev–Trinajstić information content (AvgIpc) is 2.77. The Morgan fingerprint density at radius 1 is 1.00 bits per heavy atom. The predicted molar refractivity (Wildman–Crippen MR) is 108 cm³/mol. The Labute approximate surface area is 171 Å². The van der Waals surface area contributed by atoms with Crippen molar-refractivity contribution in [3.63, 3.8) is 0 Å². The van der Waals surface area contributed by atoms with Gasteiger partial charge in [0.2, 0.25) is 6.29 Å². The number of hydrogen-bond donors (Lipinski definition) is 0. The van der Waals surface area contributed by atoms with Gasteiger partial charge in [-0.1, -0.05) is 30.3 Å². The summed E-state index contributed by atoms with van der Waals surface area (Å²) in [6, 6.07) is 20.6. The molecule has 2 heterocycles. The lowest BCUT2D eigenvalue weighted by molar-refractivity contribution is -0.112. The van der Waals surface area contributed by atoms with Crippen LogP contribution in [0, 0.1) is 5.82 Å². The van der Waals surface area contributed by atoms with E-state index < -0.39 is 11.9 Å². The van der Waals surface area contributed by atoms with E-state index in [0.717, 1.165) is 10.9 Å². The summed E-state index contributed by atoms with van der Waals surface area (Å²) in [5, 5.41) is 0.788. The molecule has 1 atom stereocenters. The highest BCUT2D eigenvalue weighted by Crippen LogP contribution is 2.37. The topological polar surface area (TPSA) is 57.9 Å². The summed E-state index contributed by atoms with van der Waals surface area (Å²) < 4.78 is 37.0. The lowest BCUT2D eigenvalue weighted by Gasteiger charge is -2.28. The Hall–Kier alpha value is -3.64. The minimum absolute atomic E-state index is 0.0875. The Morgan fingerprint density at radius 3 is 2.70 bits per heavy atom. The van der Waals surface area contributed by atoms with Crippen LogP contribution >= 0.6 is 0 Å². The summed E-state index contributed by atoms with van der Waals surface area (Å²) in [5.41, 5.74) is 2.08. The van der Waals surface area contributed by atoms with Crippen LogP contribution in [0.5, 0.6) is 11.5 Å². The molecule has 0 fully saturated rings. The van der Waals surface area contributed by atoms with E-state index in [2.05, 4.69) is 0 Å². The van der Waals surface area contributed by atoms with Crippen LogP contribution in [0.2, 0.25) is 0 Å². The van der Waals surface area contributed by atoms with Crippen molar-refractivity contribution in [3.8, 4) is 11.5 Å². The number of halogens is 1. The maximum atomic E-state index is 14.1. The van der Waals surface area contributed by atoms with E-state index in [9.17, 15) is 9.18 Å². The fraction of sp³-hybridized carbons (Fsp3) is 0.125. The molecule has 5 rings (SSSR count). The molecule has 0 saturated carbocycles. The van der Waals surface area contributed by atoms with Gasteiger partial charge in [-0.05, 0) is 30.3 Å². The van der Waals surface area contributed by atoms with E-state index in [1.165, 1.54) is 18.2 Å². The number of fused-ring (bicyclic) bond motifs is 2. The van der Waals surface area contributed by atoms with Crippen molar-refractivity contribution in [2.45, 2.75) is 19.5 Å². The van der Waals surface area contributed by atoms with Gasteiger partial charge in [0.15, 0.2) is 0 Å². The zero-order valence-corrected chi connectivity index (χ0v) is 15.8. The second kappa shape index (κ2) is 7.65. The van der Waals surface area contributed by atoms with E-state index in [4.69, 9.17) is 18.6 Å². The first-order valence-electron chi connectivity index (χ1n) is 9.47. The number of benzene rings is 3. The Morgan fingerprint density at radius 2 is 1.83 bits per heavy atom. The Bertz CT molecular complexity index is 1270. The molecule has 0 N–H and O–H groups in total. The molecule has 1 aliphatic rings. The van der Waals surface area contributed by atoms with Gasteiger partial charge in [-0.2, -0.15) is 0 Å². The minimum atomic E-state index is -0.571. The maximum Gasteiger partial charge on any atom is 0.336 e. The van der Waals surface area contributed by atoms with Crippen LogP contribution in [-0.2, 0) is 18.0 Å². The van der Waals surface area contributed by atoms with E-state index in [-0.39, 0.29) is 19.0 Å². The smallest absolute Gasteiger partial charge is 0.336 e. The highest BCUT2D eigenvalue weighted by atomic mass is 19.1. The summed E-state index contributed by atoms with van der Waals surface area (Å²) >= 11 is 0. The highest BCUT2D eigenvalue weighted by Gasteiger charge is 2.25. The van der Waals surface area contributed by atoms with Gasteiger partial charge in [0.05, 0.1) is 6.61 Å². The van der Waals surface area contributed by atoms with E-state index in [1.807, 2.05) is 30.3 Å². The molecule has 0 amide bonds. The molecule has 1 aliphatic heterocycles. The summed E-state index contributed by atoms with van der Waals surface area (Å²) in [4.78, 5) is 11.4. The molecule has 5 nitrogen and oxygen atoms in total. The number of rotatable bonds is 4. The molecule has 4 aromatic rings. The maximum absolute atomic E-state index is 14.1. The number of ether oxygens (including phenoxy) is 3. The lowest BCUT2D eigenvalue weighted by atomic mass is 10.1. The van der Waals surface area contributed by atoms with Crippen molar-refractivity contribution in [2.75, 3.05) is 0 Å². The molecule has 0 aliphatic carbocycles. The van der Waals surface area contributed by atoms with E-state index in [0.29, 0.717) is 28.2 Å². The molecule has 150 valence electrons. The SMILES string of the molecule is O=c1ccc2ccc(OCc3cc(F)cc4c3O[C@@H](c3ccccc3)OC4)cc2o1. The van der Waals surface area contributed by atoms with Crippen LogP contribution < -0.4 is 15.1 Å². The molecule has 0 bridgehead atoms. The molecule has 3 aromatic carbocycles. The molecule has 0 spiro atoms. The zero-order valence-electron chi connectivity index (χ0n) is 15.8. The van der Waals surface area contributed by atoms with Crippen LogP contribution in [0.1, 0.15) is 23.0 Å². The molecule has 30 heavy (non-hydrogen) atoms. The molecular formula is C24H17FO5. The Balaban J connectivity index is 1.41.